The molecule has 0 atom stereocenters. The molecule has 2 aliphatic rings. The van der Waals surface area contributed by atoms with E-state index >= 15 is 0 Å². The Morgan fingerprint density at radius 2 is 1.88 bits per heavy atom. The molecule has 3 rings (SSSR count). The monoisotopic (exact) mass is 331 g/mol. The van der Waals surface area contributed by atoms with Crippen molar-refractivity contribution in [3.63, 3.8) is 0 Å². The molecule has 6 heteroatoms. The number of nitrogens with zero attached hydrogens (tertiary/aromatic N) is 1. The number of carbonyl (C=O) groups excluding carboxylic acids is 2. The number of benzene rings is 1. The molecule has 3 N–H and O–H groups in total. The van der Waals surface area contributed by atoms with E-state index in [1.54, 1.807) is 24.3 Å². The first-order valence-corrected chi connectivity index (χ1v) is 8.66. The van der Waals surface area contributed by atoms with Crippen LogP contribution in [0.25, 0.3) is 0 Å². The van der Waals surface area contributed by atoms with Crippen LogP contribution in [0.4, 0.5) is 0 Å². The lowest BCUT2D eigenvalue weighted by Crippen LogP contribution is -2.45. The molecule has 1 heterocycles. The van der Waals surface area contributed by atoms with Gasteiger partial charge < -0.3 is 20.7 Å². The normalized spacial score (nSPS) is 18.4. The molecule has 1 aliphatic carbocycles. The van der Waals surface area contributed by atoms with E-state index in [-0.39, 0.29) is 12.5 Å². The van der Waals surface area contributed by atoms with Crippen molar-refractivity contribution in [2.24, 2.45) is 11.7 Å². The molecule has 0 bridgehead atoms. The van der Waals surface area contributed by atoms with Crippen LogP contribution in [0.2, 0.25) is 0 Å². The Kier molecular flexibility index (Phi) is 5.35. The molecule has 0 spiro atoms. The van der Waals surface area contributed by atoms with Crippen LogP contribution in [0, 0.1) is 5.92 Å². The third kappa shape index (κ3) is 4.47. The predicted molar refractivity (Wildman–Crippen MR) is 90.8 cm³/mol. The topological polar surface area (TPSA) is 84.7 Å². The summed E-state index contributed by atoms with van der Waals surface area (Å²) in [5.41, 5.74) is 5.60. The largest absolute Gasteiger partial charge is 0.483 e. The highest BCUT2D eigenvalue weighted by Crippen LogP contribution is 2.28. The van der Waals surface area contributed by atoms with Crippen LogP contribution < -0.4 is 15.8 Å². The van der Waals surface area contributed by atoms with E-state index in [1.165, 1.54) is 12.8 Å². The second-order valence-electron chi connectivity index (χ2n) is 6.67. The first-order valence-electron chi connectivity index (χ1n) is 8.66. The van der Waals surface area contributed by atoms with Gasteiger partial charge in [0.25, 0.3) is 11.8 Å². The van der Waals surface area contributed by atoms with Crippen LogP contribution in [-0.4, -0.2) is 49.0 Å². The van der Waals surface area contributed by atoms with Crippen molar-refractivity contribution in [2.45, 2.75) is 31.7 Å². The van der Waals surface area contributed by atoms with Crippen molar-refractivity contribution in [2.75, 3.05) is 26.2 Å². The minimum atomic E-state index is -0.556. The summed E-state index contributed by atoms with van der Waals surface area (Å²) in [5, 5.41) is 3.61. The Morgan fingerprint density at radius 1 is 1.17 bits per heavy atom. The zero-order valence-electron chi connectivity index (χ0n) is 13.9. The minimum absolute atomic E-state index is 0.0456. The van der Waals surface area contributed by atoms with E-state index in [9.17, 15) is 9.59 Å². The van der Waals surface area contributed by atoms with E-state index in [0.29, 0.717) is 17.4 Å². The molecule has 0 aromatic heterocycles. The number of nitrogens with one attached hydrogen (secondary N) is 1. The molecule has 1 saturated carbocycles. The Morgan fingerprint density at radius 3 is 2.54 bits per heavy atom. The van der Waals surface area contributed by atoms with Gasteiger partial charge >= 0.3 is 0 Å². The SMILES string of the molecule is NC(=O)COc1ccccc1C(=O)N1CCC(NCC2CC2)CC1. The fourth-order valence-corrected chi connectivity index (χ4v) is 3.03. The fourth-order valence-electron chi connectivity index (χ4n) is 3.03. The first kappa shape index (κ1) is 16.8. The Balaban J connectivity index is 1.55. The number of hydrogen-bond acceptors (Lipinski definition) is 4. The lowest BCUT2D eigenvalue weighted by atomic mass is 10.0. The van der Waals surface area contributed by atoms with Crippen molar-refractivity contribution >= 4 is 11.8 Å². The van der Waals surface area contributed by atoms with E-state index in [1.807, 2.05) is 4.90 Å². The molecule has 130 valence electrons. The van der Waals surface area contributed by atoms with Gasteiger partial charge in [0.2, 0.25) is 0 Å². The van der Waals surface area contributed by atoms with E-state index in [2.05, 4.69) is 5.32 Å². The van der Waals surface area contributed by atoms with Gasteiger partial charge in [-0.2, -0.15) is 0 Å². The number of likely N-dealkylation sites (tertiary alicyclic amines) is 1. The van der Waals surface area contributed by atoms with E-state index in [0.717, 1.165) is 38.4 Å². The number of para-hydroxylation sites is 1. The molecule has 1 aromatic rings. The molecule has 1 saturated heterocycles. The summed E-state index contributed by atoms with van der Waals surface area (Å²) in [6.45, 7) is 2.37. The second kappa shape index (κ2) is 7.66. The summed E-state index contributed by atoms with van der Waals surface area (Å²) in [7, 11) is 0. The quantitative estimate of drug-likeness (QED) is 0.785. The number of ether oxygens (including phenoxy) is 1. The smallest absolute Gasteiger partial charge is 0.257 e. The zero-order valence-corrected chi connectivity index (χ0v) is 13.9. The molecule has 1 aromatic carbocycles. The van der Waals surface area contributed by atoms with Crippen molar-refractivity contribution in [3.05, 3.63) is 29.8 Å². The molecule has 1 aliphatic heterocycles. The third-order valence-electron chi connectivity index (χ3n) is 4.66. The van der Waals surface area contributed by atoms with Crippen LogP contribution in [0.15, 0.2) is 24.3 Å². The van der Waals surface area contributed by atoms with Gasteiger partial charge in [0, 0.05) is 19.1 Å². The molecule has 24 heavy (non-hydrogen) atoms. The highest BCUT2D eigenvalue weighted by Gasteiger charge is 2.27. The molecule has 0 unspecified atom stereocenters. The van der Waals surface area contributed by atoms with Crippen molar-refractivity contribution in [1.82, 2.24) is 10.2 Å². The Bertz CT molecular complexity index is 593. The second-order valence-corrected chi connectivity index (χ2v) is 6.67. The van der Waals surface area contributed by atoms with Gasteiger partial charge in [0.15, 0.2) is 6.61 Å². The number of carbonyl (C=O) groups is 2. The van der Waals surface area contributed by atoms with Gasteiger partial charge in [0.1, 0.15) is 5.75 Å². The maximum atomic E-state index is 12.8. The standard InChI is InChI=1S/C18H25N3O3/c19-17(22)12-24-16-4-2-1-3-15(16)18(23)21-9-7-14(8-10-21)20-11-13-5-6-13/h1-4,13-14,20H,5-12H2,(H2,19,22). The summed E-state index contributed by atoms with van der Waals surface area (Å²) >= 11 is 0. The third-order valence-corrected chi connectivity index (χ3v) is 4.66. The van der Waals surface area contributed by atoms with Gasteiger partial charge in [-0.3, -0.25) is 9.59 Å². The molecule has 2 amide bonds. The average Bonchev–Trinajstić information content (AvgIpc) is 3.43. The van der Waals surface area contributed by atoms with Gasteiger partial charge in [-0.25, -0.2) is 0 Å². The van der Waals surface area contributed by atoms with Gasteiger partial charge in [-0.1, -0.05) is 12.1 Å². The van der Waals surface area contributed by atoms with Crippen LogP contribution in [0.5, 0.6) is 5.75 Å². The molecular weight excluding hydrogens is 306 g/mol. The molecule has 6 nitrogen and oxygen atoms in total. The number of primary amides is 1. The highest BCUT2D eigenvalue weighted by atomic mass is 16.5. The maximum Gasteiger partial charge on any atom is 0.257 e. The average molecular weight is 331 g/mol. The summed E-state index contributed by atoms with van der Waals surface area (Å²) in [4.78, 5) is 25.5. The maximum absolute atomic E-state index is 12.8. The lowest BCUT2D eigenvalue weighted by Gasteiger charge is -2.33. The minimum Gasteiger partial charge on any atom is -0.483 e. The summed E-state index contributed by atoms with van der Waals surface area (Å²) in [6, 6.07) is 7.52. The van der Waals surface area contributed by atoms with Crippen LogP contribution in [0.1, 0.15) is 36.0 Å². The number of nitrogens with two attached hydrogens (primary N) is 1. The summed E-state index contributed by atoms with van der Waals surface area (Å²) < 4.78 is 5.37. The highest BCUT2D eigenvalue weighted by molar-refractivity contribution is 5.97. The Labute approximate surface area is 142 Å². The predicted octanol–water partition coefficient (Wildman–Crippen LogP) is 1.15. The molecule has 2 fully saturated rings. The van der Waals surface area contributed by atoms with Gasteiger partial charge in [-0.15, -0.1) is 0 Å². The number of rotatable bonds is 7. The Hall–Kier alpha value is -2.08. The fraction of sp³-hybridized carbons (Fsp3) is 0.556. The van der Waals surface area contributed by atoms with Gasteiger partial charge in [0.05, 0.1) is 5.56 Å². The molecule has 0 radical (unpaired) electrons. The number of piperidine rings is 1. The van der Waals surface area contributed by atoms with E-state index < -0.39 is 5.91 Å². The zero-order chi connectivity index (χ0) is 16.9. The lowest BCUT2D eigenvalue weighted by molar-refractivity contribution is -0.119. The van der Waals surface area contributed by atoms with Gasteiger partial charge in [-0.05, 0) is 50.3 Å². The summed E-state index contributed by atoms with van der Waals surface area (Å²) in [5.74, 6) is 0.685. The summed E-state index contributed by atoms with van der Waals surface area (Å²) in [6.07, 6.45) is 4.66. The van der Waals surface area contributed by atoms with Crippen LogP contribution >= 0.6 is 0 Å². The van der Waals surface area contributed by atoms with Crippen LogP contribution in [-0.2, 0) is 4.79 Å². The number of hydrogen-bond donors (Lipinski definition) is 2. The van der Waals surface area contributed by atoms with Crippen LogP contribution in [0.3, 0.4) is 0 Å². The van der Waals surface area contributed by atoms with E-state index in [4.69, 9.17) is 10.5 Å². The number of amides is 2. The van der Waals surface area contributed by atoms with Crippen molar-refractivity contribution in [3.8, 4) is 5.75 Å². The molecular formula is C18H25N3O3. The van der Waals surface area contributed by atoms with Crippen molar-refractivity contribution < 1.29 is 14.3 Å². The first-order chi connectivity index (χ1) is 11.6. The van der Waals surface area contributed by atoms with Crippen molar-refractivity contribution in [1.29, 1.82) is 0 Å².